The van der Waals surface area contributed by atoms with Gasteiger partial charge in [0.15, 0.2) is 0 Å². The van der Waals surface area contributed by atoms with Gasteiger partial charge < -0.3 is 0 Å². The average molecular weight is 220 g/mol. The fourth-order valence-corrected chi connectivity index (χ4v) is 2.08. The van der Waals surface area contributed by atoms with E-state index in [2.05, 4.69) is 54.7 Å². The highest BCUT2D eigenvalue weighted by Crippen LogP contribution is 2.31. The van der Waals surface area contributed by atoms with Crippen molar-refractivity contribution in [1.29, 1.82) is 0 Å². The van der Waals surface area contributed by atoms with Crippen LogP contribution in [-0.4, -0.2) is 0 Å². The van der Waals surface area contributed by atoms with Crippen molar-refractivity contribution >= 4 is 17.5 Å². The predicted octanol–water partition coefficient (Wildman–Crippen LogP) is 4.00. The van der Waals surface area contributed by atoms with Gasteiger partial charge in [-0.15, -0.1) is 0 Å². The molecule has 0 saturated carbocycles. The van der Waals surface area contributed by atoms with E-state index >= 15 is 0 Å². The second-order valence-corrected chi connectivity index (χ2v) is 4.25. The van der Waals surface area contributed by atoms with Crippen LogP contribution in [0, 0.1) is 0 Å². The molecule has 1 nitrogen and oxygen atoms in total. The van der Waals surface area contributed by atoms with Gasteiger partial charge in [0.25, 0.3) is 0 Å². The van der Waals surface area contributed by atoms with E-state index in [0.717, 1.165) is 17.8 Å². The van der Waals surface area contributed by atoms with Crippen molar-refractivity contribution in [2.75, 3.05) is 0 Å². The smallest absolute Gasteiger partial charge is 0.0716 e. The predicted molar refractivity (Wildman–Crippen MR) is 71.9 cm³/mol. The second kappa shape index (κ2) is 4.10. The first-order valence-corrected chi connectivity index (χ1v) is 5.98. The van der Waals surface area contributed by atoms with E-state index < -0.39 is 0 Å². The molecular formula is C16H14N. The molecule has 0 atom stereocenters. The molecule has 0 saturated heterocycles. The number of hydrogen-bond acceptors (Lipinski definition) is 0. The van der Waals surface area contributed by atoms with Gasteiger partial charge in [-0.05, 0) is 24.1 Å². The molecule has 0 unspecified atom stereocenters. The van der Waals surface area contributed by atoms with Gasteiger partial charge in [-0.2, -0.15) is 0 Å². The van der Waals surface area contributed by atoms with E-state index in [1.54, 1.807) is 0 Å². The van der Waals surface area contributed by atoms with E-state index in [4.69, 9.17) is 0 Å². The summed E-state index contributed by atoms with van der Waals surface area (Å²) in [6.45, 7) is 2.17. The molecule has 1 aliphatic rings. The first-order valence-electron chi connectivity index (χ1n) is 5.98. The van der Waals surface area contributed by atoms with Gasteiger partial charge in [-0.25, -0.2) is 5.32 Å². The SMILES string of the molecule is CCc1ccc(C2=Cc3ccccc3[N]2)cc1. The number of para-hydroxylation sites is 1. The lowest BCUT2D eigenvalue weighted by molar-refractivity contribution is 1.14. The minimum Gasteiger partial charge on any atom is -0.248 e. The van der Waals surface area contributed by atoms with Crippen LogP contribution in [0.5, 0.6) is 0 Å². The van der Waals surface area contributed by atoms with Crippen LogP contribution < -0.4 is 5.32 Å². The first kappa shape index (κ1) is 10.2. The second-order valence-electron chi connectivity index (χ2n) is 4.25. The highest BCUT2D eigenvalue weighted by Gasteiger charge is 2.13. The van der Waals surface area contributed by atoms with Gasteiger partial charge in [0.05, 0.1) is 11.4 Å². The van der Waals surface area contributed by atoms with Crippen molar-refractivity contribution in [1.82, 2.24) is 5.32 Å². The molecule has 17 heavy (non-hydrogen) atoms. The normalized spacial score (nSPS) is 12.9. The zero-order chi connectivity index (χ0) is 11.7. The molecule has 3 rings (SSSR count). The van der Waals surface area contributed by atoms with Gasteiger partial charge in [0, 0.05) is 11.1 Å². The molecule has 0 spiro atoms. The van der Waals surface area contributed by atoms with Crippen LogP contribution in [0.1, 0.15) is 23.6 Å². The Labute approximate surface area is 102 Å². The van der Waals surface area contributed by atoms with E-state index in [9.17, 15) is 0 Å². The largest absolute Gasteiger partial charge is 0.248 e. The highest BCUT2D eigenvalue weighted by molar-refractivity contribution is 5.91. The summed E-state index contributed by atoms with van der Waals surface area (Å²) in [6.07, 6.45) is 3.23. The maximum atomic E-state index is 4.64. The Bertz CT molecular complexity index is 564. The van der Waals surface area contributed by atoms with E-state index in [1.807, 2.05) is 12.1 Å². The molecule has 0 N–H and O–H groups in total. The van der Waals surface area contributed by atoms with Crippen LogP contribution in [0.4, 0.5) is 5.69 Å². The molecule has 1 aliphatic heterocycles. The average Bonchev–Trinajstić information content (AvgIpc) is 2.82. The summed E-state index contributed by atoms with van der Waals surface area (Å²) >= 11 is 0. The summed E-state index contributed by atoms with van der Waals surface area (Å²) in [5.74, 6) is 0. The Morgan fingerprint density at radius 3 is 2.41 bits per heavy atom. The molecule has 1 radical (unpaired) electrons. The quantitative estimate of drug-likeness (QED) is 0.726. The molecule has 1 heterocycles. The minimum absolute atomic E-state index is 1.06. The molecule has 0 amide bonds. The van der Waals surface area contributed by atoms with E-state index in [1.165, 1.54) is 16.7 Å². The maximum Gasteiger partial charge on any atom is 0.0716 e. The molecule has 2 aromatic rings. The number of nitrogens with zero attached hydrogens (tertiary/aromatic N) is 1. The van der Waals surface area contributed by atoms with Crippen LogP contribution >= 0.6 is 0 Å². The molecule has 0 aliphatic carbocycles. The summed E-state index contributed by atoms with van der Waals surface area (Å²) in [5, 5.41) is 4.64. The van der Waals surface area contributed by atoms with Crippen LogP contribution in [-0.2, 0) is 6.42 Å². The molecular weight excluding hydrogens is 206 g/mol. The molecule has 1 heteroatoms. The van der Waals surface area contributed by atoms with Gasteiger partial charge in [-0.1, -0.05) is 49.4 Å². The first-order chi connectivity index (χ1) is 8.36. The minimum atomic E-state index is 1.06. The van der Waals surface area contributed by atoms with Crippen molar-refractivity contribution < 1.29 is 0 Å². The summed E-state index contributed by atoms with van der Waals surface area (Å²) < 4.78 is 0. The zero-order valence-electron chi connectivity index (χ0n) is 9.85. The van der Waals surface area contributed by atoms with Crippen molar-refractivity contribution in [2.24, 2.45) is 0 Å². The standard InChI is InChI=1S/C16H14N/c1-2-12-7-9-13(10-8-12)16-11-14-5-3-4-6-15(14)17-16/h3-11H,2H2,1H3. The lowest BCUT2D eigenvalue weighted by atomic mass is 10.1. The summed E-state index contributed by atoms with van der Waals surface area (Å²) in [6, 6.07) is 16.9. The van der Waals surface area contributed by atoms with Gasteiger partial charge >= 0.3 is 0 Å². The van der Waals surface area contributed by atoms with Crippen molar-refractivity contribution in [3.05, 3.63) is 65.2 Å². The number of hydrogen-bond donors (Lipinski definition) is 0. The molecule has 83 valence electrons. The van der Waals surface area contributed by atoms with Crippen molar-refractivity contribution in [2.45, 2.75) is 13.3 Å². The van der Waals surface area contributed by atoms with E-state index in [0.29, 0.717) is 0 Å². The van der Waals surface area contributed by atoms with Crippen molar-refractivity contribution in [3.8, 4) is 0 Å². The lowest BCUT2D eigenvalue weighted by Crippen LogP contribution is -1.92. The fourth-order valence-electron chi connectivity index (χ4n) is 2.08. The fraction of sp³-hybridized carbons (Fsp3) is 0.125. The number of benzene rings is 2. The van der Waals surface area contributed by atoms with Gasteiger partial charge in [0.2, 0.25) is 0 Å². The molecule has 0 bridgehead atoms. The monoisotopic (exact) mass is 220 g/mol. The third-order valence-electron chi connectivity index (χ3n) is 3.13. The van der Waals surface area contributed by atoms with Crippen LogP contribution in [0.2, 0.25) is 0 Å². The highest BCUT2D eigenvalue weighted by atomic mass is 14.9. The Morgan fingerprint density at radius 1 is 0.941 bits per heavy atom. The number of rotatable bonds is 2. The lowest BCUT2D eigenvalue weighted by Gasteiger charge is -2.03. The number of fused-ring (bicyclic) bond motifs is 1. The van der Waals surface area contributed by atoms with E-state index in [-0.39, 0.29) is 0 Å². The molecule has 2 aromatic carbocycles. The zero-order valence-corrected chi connectivity index (χ0v) is 9.85. The topological polar surface area (TPSA) is 14.1 Å². The Morgan fingerprint density at radius 2 is 1.71 bits per heavy atom. The van der Waals surface area contributed by atoms with Crippen LogP contribution in [0.15, 0.2) is 48.5 Å². The summed E-state index contributed by atoms with van der Waals surface area (Å²) in [7, 11) is 0. The van der Waals surface area contributed by atoms with Gasteiger partial charge in [-0.3, -0.25) is 0 Å². The van der Waals surface area contributed by atoms with Crippen LogP contribution in [0.25, 0.3) is 11.8 Å². The van der Waals surface area contributed by atoms with Crippen molar-refractivity contribution in [3.63, 3.8) is 0 Å². The third kappa shape index (κ3) is 1.84. The maximum absolute atomic E-state index is 4.64. The summed E-state index contributed by atoms with van der Waals surface area (Å²) in [5.41, 5.74) is 5.90. The molecule has 0 fully saturated rings. The Balaban J connectivity index is 1.92. The Kier molecular flexibility index (Phi) is 2.45. The number of aryl methyl sites for hydroxylation is 1. The molecule has 0 aromatic heterocycles. The van der Waals surface area contributed by atoms with Crippen LogP contribution in [0.3, 0.4) is 0 Å². The summed E-state index contributed by atoms with van der Waals surface area (Å²) in [4.78, 5) is 0. The van der Waals surface area contributed by atoms with Gasteiger partial charge in [0.1, 0.15) is 0 Å². The Hall–Kier alpha value is -2.02. The third-order valence-corrected chi connectivity index (χ3v) is 3.13.